The van der Waals surface area contributed by atoms with Crippen molar-refractivity contribution in [3.63, 3.8) is 0 Å². The number of hydrogen-bond donors (Lipinski definition) is 1. The highest BCUT2D eigenvalue weighted by Gasteiger charge is 2.39. The van der Waals surface area contributed by atoms with Crippen LogP contribution in [0.4, 0.5) is 4.79 Å². The lowest BCUT2D eigenvalue weighted by atomic mass is 10.0. The fraction of sp³-hybridized carbons (Fsp3) is 0.429. The Morgan fingerprint density at radius 1 is 1.39 bits per heavy atom. The second kappa shape index (κ2) is 4.34. The smallest absolute Gasteiger partial charge is 0.319 e. The summed E-state index contributed by atoms with van der Waals surface area (Å²) in [5.74, 6) is 0. The molecule has 0 spiro atoms. The van der Waals surface area contributed by atoms with Gasteiger partial charge in [-0.3, -0.25) is 0 Å². The number of nitrogens with zero attached hydrogens (tertiary/aromatic N) is 2. The highest BCUT2D eigenvalue weighted by Crippen LogP contribution is 2.26. The van der Waals surface area contributed by atoms with Gasteiger partial charge in [-0.25, -0.2) is 4.79 Å². The number of nitriles is 1. The average Bonchev–Trinajstić information content (AvgIpc) is 2.73. The number of benzene rings is 1. The number of rotatable bonds is 2. The van der Waals surface area contributed by atoms with Gasteiger partial charge >= 0.3 is 6.03 Å². The van der Waals surface area contributed by atoms with Crippen LogP contribution in [0.5, 0.6) is 0 Å². The molecule has 1 aromatic rings. The number of carbonyl (C=O) groups excluding carboxylic acids is 1. The van der Waals surface area contributed by atoms with E-state index in [9.17, 15) is 4.79 Å². The van der Waals surface area contributed by atoms with Gasteiger partial charge in [-0.2, -0.15) is 5.26 Å². The van der Waals surface area contributed by atoms with Crippen LogP contribution in [-0.2, 0) is 0 Å². The van der Waals surface area contributed by atoms with E-state index in [2.05, 4.69) is 11.4 Å². The molecule has 2 rings (SSSR count). The van der Waals surface area contributed by atoms with Gasteiger partial charge in [0.1, 0.15) is 5.54 Å². The molecule has 4 nitrogen and oxygen atoms in total. The van der Waals surface area contributed by atoms with E-state index >= 15 is 0 Å². The number of amides is 2. The lowest BCUT2D eigenvalue weighted by Gasteiger charge is -2.27. The zero-order chi connectivity index (χ0) is 13.3. The summed E-state index contributed by atoms with van der Waals surface area (Å²) in [7, 11) is 0. The van der Waals surface area contributed by atoms with Gasteiger partial charge in [-0.15, -0.1) is 0 Å². The molecule has 1 saturated heterocycles. The summed E-state index contributed by atoms with van der Waals surface area (Å²) in [6.07, 6.45) is 0. The zero-order valence-electron chi connectivity index (χ0n) is 10.9. The van der Waals surface area contributed by atoms with Gasteiger partial charge in [-0.05, 0) is 26.3 Å². The molecule has 1 aliphatic rings. The predicted octanol–water partition coefficient (Wildman–Crippen LogP) is 2.36. The largest absolute Gasteiger partial charge is 0.329 e. The lowest BCUT2D eigenvalue weighted by molar-refractivity contribution is 0.186. The summed E-state index contributed by atoms with van der Waals surface area (Å²) < 4.78 is 0. The number of hydrogen-bond acceptors (Lipinski definition) is 2. The van der Waals surface area contributed by atoms with Crippen LogP contribution in [0.25, 0.3) is 0 Å². The van der Waals surface area contributed by atoms with Gasteiger partial charge in [0.15, 0.2) is 0 Å². The Kier molecular flexibility index (Phi) is 3.00. The molecule has 0 saturated carbocycles. The topological polar surface area (TPSA) is 56.1 Å². The normalized spacial score (nSPS) is 19.6. The molecule has 18 heavy (non-hydrogen) atoms. The molecule has 1 atom stereocenters. The van der Waals surface area contributed by atoms with Crippen LogP contribution in [0.3, 0.4) is 0 Å². The van der Waals surface area contributed by atoms with Crippen LogP contribution in [0, 0.1) is 18.3 Å². The van der Waals surface area contributed by atoms with Crippen molar-refractivity contribution >= 4 is 6.03 Å². The fourth-order valence-electron chi connectivity index (χ4n) is 2.07. The van der Waals surface area contributed by atoms with E-state index in [1.54, 1.807) is 18.7 Å². The molecule has 0 aliphatic carbocycles. The number of aryl methyl sites for hydroxylation is 1. The highest BCUT2D eigenvalue weighted by atomic mass is 16.2. The summed E-state index contributed by atoms with van der Waals surface area (Å²) in [6.45, 7) is 6.07. The third kappa shape index (κ3) is 2.17. The highest BCUT2D eigenvalue weighted by molar-refractivity contribution is 5.78. The van der Waals surface area contributed by atoms with Crippen LogP contribution in [0.1, 0.15) is 31.0 Å². The average molecular weight is 243 g/mol. The predicted molar refractivity (Wildman–Crippen MR) is 68.8 cm³/mol. The first kappa shape index (κ1) is 12.4. The van der Waals surface area contributed by atoms with Crippen LogP contribution in [-0.4, -0.2) is 23.0 Å². The third-order valence-electron chi connectivity index (χ3n) is 3.34. The number of nitrogens with one attached hydrogen (secondary N) is 1. The third-order valence-corrected chi connectivity index (χ3v) is 3.34. The van der Waals surface area contributed by atoms with Crippen molar-refractivity contribution in [2.45, 2.75) is 32.4 Å². The second-order valence-corrected chi connectivity index (χ2v) is 5.19. The minimum atomic E-state index is -0.774. The molecule has 4 heteroatoms. The Morgan fingerprint density at radius 2 is 2.00 bits per heavy atom. The van der Waals surface area contributed by atoms with E-state index in [0.29, 0.717) is 6.54 Å². The van der Waals surface area contributed by atoms with Gasteiger partial charge in [0.25, 0.3) is 0 Å². The second-order valence-electron chi connectivity index (χ2n) is 5.19. The maximum absolute atomic E-state index is 11.9. The van der Waals surface area contributed by atoms with Crippen molar-refractivity contribution in [1.82, 2.24) is 10.2 Å². The Balaban J connectivity index is 2.19. The first-order chi connectivity index (χ1) is 8.44. The molecular weight excluding hydrogens is 226 g/mol. The monoisotopic (exact) mass is 243 g/mol. The molecular formula is C14H17N3O. The van der Waals surface area contributed by atoms with Crippen molar-refractivity contribution in [3.8, 4) is 6.07 Å². The zero-order valence-corrected chi connectivity index (χ0v) is 10.9. The van der Waals surface area contributed by atoms with Gasteiger partial charge < -0.3 is 10.2 Å². The molecule has 1 fully saturated rings. The molecule has 1 heterocycles. The summed E-state index contributed by atoms with van der Waals surface area (Å²) in [4.78, 5) is 13.5. The first-order valence-electron chi connectivity index (χ1n) is 6.00. The molecule has 1 aliphatic heterocycles. The minimum Gasteiger partial charge on any atom is -0.329 e. The van der Waals surface area contributed by atoms with Gasteiger partial charge in [0.05, 0.1) is 12.1 Å². The minimum absolute atomic E-state index is 0.0364. The van der Waals surface area contributed by atoms with Gasteiger partial charge in [-0.1, -0.05) is 29.8 Å². The number of urea groups is 1. The Bertz CT molecular complexity index is 499. The summed E-state index contributed by atoms with van der Waals surface area (Å²) in [5.41, 5.74) is 1.49. The van der Waals surface area contributed by atoms with E-state index in [1.807, 2.05) is 31.2 Å². The molecule has 94 valence electrons. The van der Waals surface area contributed by atoms with Crippen LogP contribution >= 0.6 is 0 Å². The van der Waals surface area contributed by atoms with Crippen molar-refractivity contribution in [2.24, 2.45) is 0 Å². The summed E-state index contributed by atoms with van der Waals surface area (Å²) >= 11 is 0. The SMILES string of the molecule is Cc1ccc(C2CN(C(C)(C)C#N)C(=O)N2)cc1. The van der Waals surface area contributed by atoms with E-state index in [0.717, 1.165) is 5.56 Å². The maximum atomic E-state index is 11.9. The lowest BCUT2D eigenvalue weighted by Crippen LogP contribution is -2.44. The van der Waals surface area contributed by atoms with E-state index in [-0.39, 0.29) is 12.1 Å². The Labute approximate surface area is 107 Å². The molecule has 1 aromatic carbocycles. The van der Waals surface area contributed by atoms with E-state index < -0.39 is 5.54 Å². The van der Waals surface area contributed by atoms with E-state index in [1.165, 1.54) is 5.56 Å². The van der Waals surface area contributed by atoms with Crippen molar-refractivity contribution in [2.75, 3.05) is 6.54 Å². The number of carbonyl (C=O) groups is 1. The summed E-state index contributed by atoms with van der Waals surface area (Å²) in [6, 6.07) is 10.0. The standard InChI is InChI=1S/C14H17N3O/c1-10-4-6-11(7-5-10)12-8-17(13(18)16-12)14(2,3)9-15/h4-7,12H,8H2,1-3H3,(H,16,18). The molecule has 1 unspecified atom stereocenters. The fourth-order valence-corrected chi connectivity index (χ4v) is 2.07. The van der Waals surface area contributed by atoms with Crippen LogP contribution in [0.15, 0.2) is 24.3 Å². The molecule has 0 aromatic heterocycles. The summed E-state index contributed by atoms with van der Waals surface area (Å²) in [5, 5.41) is 12.0. The Morgan fingerprint density at radius 3 is 2.56 bits per heavy atom. The Hall–Kier alpha value is -2.02. The van der Waals surface area contributed by atoms with Gasteiger partial charge in [0.2, 0.25) is 0 Å². The van der Waals surface area contributed by atoms with Gasteiger partial charge in [0, 0.05) is 6.54 Å². The van der Waals surface area contributed by atoms with Crippen LogP contribution < -0.4 is 5.32 Å². The molecule has 0 radical (unpaired) electrons. The molecule has 2 amide bonds. The maximum Gasteiger partial charge on any atom is 0.319 e. The first-order valence-corrected chi connectivity index (χ1v) is 6.00. The van der Waals surface area contributed by atoms with Crippen molar-refractivity contribution in [3.05, 3.63) is 35.4 Å². The van der Waals surface area contributed by atoms with E-state index in [4.69, 9.17) is 5.26 Å². The van der Waals surface area contributed by atoms with Crippen molar-refractivity contribution in [1.29, 1.82) is 5.26 Å². The van der Waals surface area contributed by atoms with Crippen LogP contribution in [0.2, 0.25) is 0 Å². The quantitative estimate of drug-likeness (QED) is 0.867. The molecule has 1 N–H and O–H groups in total. The molecule has 0 bridgehead atoms. The van der Waals surface area contributed by atoms with Crippen molar-refractivity contribution < 1.29 is 4.79 Å².